The number of carbonyl (C=O) groups excluding carboxylic acids is 2. The van der Waals surface area contributed by atoms with E-state index in [4.69, 9.17) is 12.2 Å². The first-order chi connectivity index (χ1) is 9.06. The minimum Gasteiger partial charge on any atom is -0.352 e. The van der Waals surface area contributed by atoms with Crippen LogP contribution in [0.3, 0.4) is 0 Å². The Kier molecular flexibility index (Phi) is 5.95. The Morgan fingerprint density at radius 3 is 2.63 bits per heavy atom. The van der Waals surface area contributed by atoms with Crippen molar-refractivity contribution in [1.29, 1.82) is 0 Å². The Morgan fingerprint density at radius 2 is 2.00 bits per heavy atom. The van der Waals surface area contributed by atoms with E-state index >= 15 is 0 Å². The summed E-state index contributed by atoms with van der Waals surface area (Å²) in [5.74, 6) is -0.299. The molecule has 5 nitrogen and oxygen atoms in total. The lowest BCUT2D eigenvalue weighted by Gasteiger charge is -2.10. The fourth-order valence-electron chi connectivity index (χ4n) is 1.38. The predicted octanol–water partition coefficient (Wildman–Crippen LogP) is 1.66. The van der Waals surface area contributed by atoms with Crippen LogP contribution in [-0.4, -0.2) is 23.5 Å². The largest absolute Gasteiger partial charge is 0.352 e. The van der Waals surface area contributed by atoms with Gasteiger partial charge in [-0.15, -0.1) is 0 Å². The lowest BCUT2D eigenvalue weighted by molar-refractivity contribution is -0.119. The molecule has 1 aromatic rings. The number of carbonyl (C=O) groups is 2. The van der Waals surface area contributed by atoms with Crippen LogP contribution in [-0.2, 0) is 4.79 Å². The van der Waals surface area contributed by atoms with Crippen LogP contribution in [0.15, 0.2) is 24.3 Å². The van der Waals surface area contributed by atoms with E-state index in [1.807, 2.05) is 6.92 Å². The summed E-state index contributed by atoms with van der Waals surface area (Å²) in [5.41, 5.74) is 1.20. The molecule has 0 saturated heterocycles. The molecule has 0 fully saturated rings. The van der Waals surface area contributed by atoms with Gasteiger partial charge in [-0.25, -0.2) is 0 Å². The normalized spacial score (nSPS) is 9.58. The molecule has 102 valence electrons. The molecule has 0 heterocycles. The summed E-state index contributed by atoms with van der Waals surface area (Å²) in [5, 5.41) is 8.33. The van der Waals surface area contributed by atoms with Crippen LogP contribution in [0.25, 0.3) is 0 Å². The third-order valence-corrected chi connectivity index (χ3v) is 2.50. The average Bonchev–Trinajstić information content (AvgIpc) is 2.39. The molecule has 0 aliphatic carbocycles. The molecule has 2 amide bonds. The molecule has 3 N–H and O–H groups in total. The van der Waals surface area contributed by atoms with E-state index in [1.54, 1.807) is 31.2 Å². The van der Waals surface area contributed by atoms with Gasteiger partial charge in [0, 0.05) is 24.2 Å². The minimum absolute atomic E-state index is 0.144. The zero-order valence-electron chi connectivity index (χ0n) is 10.9. The number of amides is 2. The molecule has 0 aliphatic heterocycles. The third kappa shape index (κ3) is 5.05. The van der Waals surface area contributed by atoms with E-state index < -0.39 is 0 Å². The number of benzene rings is 1. The van der Waals surface area contributed by atoms with E-state index in [9.17, 15) is 9.59 Å². The predicted molar refractivity (Wildman–Crippen MR) is 79.1 cm³/mol. The Balaban J connectivity index is 2.69. The quantitative estimate of drug-likeness (QED) is 0.733. The fourth-order valence-corrected chi connectivity index (χ4v) is 1.61. The van der Waals surface area contributed by atoms with Crippen molar-refractivity contribution >= 4 is 34.8 Å². The Morgan fingerprint density at radius 1 is 1.26 bits per heavy atom. The summed E-state index contributed by atoms with van der Waals surface area (Å²) in [7, 11) is 0. The molecule has 0 radical (unpaired) electrons. The van der Waals surface area contributed by atoms with Gasteiger partial charge in [0.15, 0.2) is 5.11 Å². The van der Waals surface area contributed by atoms with Crippen molar-refractivity contribution in [3.05, 3.63) is 29.8 Å². The number of anilines is 1. The zero-order chi connectivity index (χ0) is 14.3. The van der Waals surface area contributed by atoms with Gasteiger partial charge in [0.25, 0.3) is 5.91 Å². The van der Waals surface area contributed by atoms with Crippen molar-refractivity contribution in [2.24, 2.45) is 0 Å². The summed E-state index contributed by atoms with van der Waals surface area (Å²) in [6, 6.07) is 6.91. The van der Waals surface area contributed by atoms with Crippen LogP contribution in [0.2, 0.25) is 0 Å². The van der Waals surface area contributed by atoms with Gasteiger partial charge in [0.2, 0.25) is 5.91 Å². The van der Waals surface area contributed by atoms with Crippen LogP contribution in [0.4, 0.5) is 5.69 Å². The first kappa shape index (κ1) is 15.1. The Bertz CT molecular complexity index is 489. The first-order valence-electron chi connectivity index (χ1n) is 6.06. The maximum Gasteiger partial charge on any atom is 0.251 e. The maximum absolute atomic E-state index is 11.7. The minimum atomic E-state index is -0.155. The molecule has 0 atom stereocenters. The highest BCUT2D eigenvalue weighted by Gasteiger charge is 2.06. The SMILES string of the molecule is CCNC(=O)c1cccc(NC(=S)NC(=O)CC)c1. The van der Waals surface area contributed by atoms with Gasteiger partial charge in [-0.05, 0) is 37.3 Å². The second kappa shape index (κ2) is 7.48. The van der Waals surface area contributed by atoms with E-state index in [-0.39, 0.29) is 16.9 Å². The molecule has 0 spiro atoms. The van der Waals surface area contributed by atoms with Crippen molar-refractivity contribution in [2.75, 3.05) is 11.9 Å². The van der Waals surface area contributed by atoms with Crippen molar-refractivity contribution in [1.82, 2.24) is 10.6 Å². The number of hydrogen-bond donors (Lipinski definition) is 3. The van der Waals surface area contributed by atoms with Gasteiger partial charge in [0.1, 0.15) is 0 Å². The molecular weight excluding hydrogens is 262 g/mol. The fraction of sp³-hybridized carbons (Fsp3) is 0.308. The van der Waals surface area contributed by atoms with Gasteiger partial charge in [-0.2, -0.15) is 0 Å². The first-order valence-corrected chi connectivity index (χ1v) is 6.46. The van der Waals surface area contributed by atoms with Crippen LogP contribution >= 0.6 is 12.2 Å². The number of thiocarbonyl (C=S) groups is 1. The zero-order valence-corrected chi connectivity index (χ0v) is 11.8. The molecule has 6 heteroatoms. The van der Waals surface area contributed by atoms with Gasteiger partial charge in [-0.3, -0.25) is 9.59 Å². The molecule has 0 bridgehead atoms. The van der Waals surface area contributed by atoms with Crippen molar-refractivity contribution in [2.45, 2.75) is 20.3 Å². The highest BCUT2D eigenvalue weighted by atomic mass is 32.1. The van der Waals surface area contributed by atoms with E-state index in [0.29, 0.717) is 24.2 Å². The second-order valence-corrected chi connectivity index (χ2v) is 4.20. The smallest absolute Gasteiger partial charge is 0.251 e. The van der Waals surface area contributed by atoms with Crippen LogP contribution in [0.1, 0.15) is 30.6 Å². The molecule has 1 rings (SSSR count). The average molecular weight is 279 g/mol. The van der Waals surface area contributed by atoms with Crippen LogP contribution in [0, 0.1) is 0 Å². The summed E-state index contributed by atoms with van der Waals surface area (Å²) in [4.78, 5) is 22.8. The van der Waals surface area contributed by atoms with Gasteiger partial charge < -0.3 is 16.0 Å². The lowest BCUT2D eigenvalue weighted by atomic mass is 10.2. The number of hydrogen-bond acceptors (Lipinski definition) is 3. The number of nitrogens with one attached hydrogen (secondary N) is 3. The molecule has 1 aromatic carbocycles. The topological polar surface area (TPSA) is 70.2 Å². The third-order valence-electron chi connectivity index (χ3n) is 2.29. The van der Waals surface area contributed by atoms with E-state index in [0.717, 1.165) is 0 Å². The summed E-state index contributed by atoms with van der Waals surface area (Å²) >= 11 is 5.00. The van der Waals surface area contributed by atoms with E-state index in [1.165, 1.54) is 0 Å². The van der Waals surface area contributed by atoms with Crippen LogP contribution < -0.4 is 16.0 Å². The van der Waals surface area contributed by atoms with Crippen molar-refractivity contribution < 1.29 is 9.59 Å². The molecular formula is C13H17N3O2S. The molecule has 0 saturated carbocycles. The van der Waals surface area contributed by atoms with Gasteiger partial charge >= 0.3 is 0 Å². The molecule has 0 aromatic heterocycles. The Hall–Kier alpha value is -1.95. The standard InChI is InChI=1S/C13H17N3O2S/c1-3-11(17)16-13(19)15-10-7-5-6-9(8-10)12(18)14-4-2/h5-8H,3-4H2,1-2H3,(H,14,18)(H2,15,16,17,19). The number of rotatable bonds is 4. The molecule has 0 unspecified atom stereocenters. The van der Waals surface area contributed by atoms with E-state index in [2.05, 4.69) is 16.0 Å². The van der Waals surface area contributed by atoms with Crippen LogP contribution in [0.5, 0.6) is 0 Å². The van der Waals surface area contributed by atoms with Crippen molar-refractivity contribution in [3.8, 4) is 0 Å². The van der Waals surface area contributed by atoms with Crippen molar-refractivity contribution in [3.63, 3.8) is 0 Å². The lowest BCUT2D eigenvalue weighted by Crippen LogP contribution is -2.33. The Labute approximate surface area is 117 Å². The van der Waals surface area contributed by atoms with Gasteiger partial charge in [0.05, 0.1) is 0 Å². The maximum atomic E-state index is 11.7. The summed E-state index contributed by atoms with van der Waals surface area (Å²) < 4.78 is 0. The monoisotopic (exact) mass is 279 g/mol. The summed E-state index contributed by atoms with van der Waals surface area (Å²) in [6.45, 7) is 4.17. The second-order valence-electron chi connectivity index (χ2n) is 3.80. The highest BCUT2D eigenvalue weighted by molar-refractivity contribution is 7.80. The van der Waals surface area contributed by atoms with Gasteiger partial charge in [-0.1, -0.05) is 13.0 Å². The highest BCUT2D eigenvalue weighted by Crippen LogP contribution is 2.10. The molecule has 0 aliphatic rings. The summed E-state index contributed by atoms with van der Waals surface area (Å²) in [6.07, 6.45) is 0.362. The molecule has 19 heavy (non-hydrogen) atoms.